The second-order valence-electron chi connectivity index (χ2n) is 10.4. The van der Waals surface area contributed by atoms with Gasteiger partial charge in [0, 0.05) is 0 Å². The smallest absolute Gasteiger partial charge is 0.243 e. The zero-order valence-corrected chi connectivity index (χ0v) is 23.8. The van der Waals surface area contributed by atoms with E-state index in [-0.39, 0.29) is 35.7 Å². The van der Waals surface area contributed by atoms with Gasteiger partial charge in [-0.05, 0) is 52.8 Å². The number of rotatable bonds is 14. The SMILES string of the molecule is CC(C)C[C@H](NC(=O)Cc1ccc2ccccc2c1)C(=O)N[C@@H](Cc1ccccc1)C(=O)CSCc1ccco1. The Hall–Kier alpha value is -3.84. The minimum Gasteiger partial charge on any atom is -0.468 e. The number of Topliss-reactive ketones (excluding diaryl/α,β-unsaturated/α-hetero) is 1. The van der Waals surface area contributed by atoms with E-state index in [4.69, 9.17) is 4.42 Å². The Kier molecular flexibility index (Phi) is 10.6. The van der Waals surface area contributed by atoms with E-state index in [1.165, 1.54) is 11.8 Å². The fourth-order valence-electron chi connectivity index (χ4n) is 4.60. The van der Waals surface area contributed by atoms with E-state index >= 15 is 0 Å². The standard InChI is InChI=1S/C33H36N2O4S/c1-23(2)17-30(34-32(37)20-25-14-15-26-11-6-7-12-27(26)18-25)33(38)35-29(19-24-9-4-3-5-10-24)31(36)22-40-21-28-13-8-16-39-28/h3-16,18,23,29-30H,17,19-22H2,1-2H3,(H,34,37)(H,35,38)/t29-,30-/m0/s1. The van der Waals surface area contributed by atoms with Gasteiger partial charge < -0.3 is 15.1 Å². The lowest BCUT2D eigenvalue weighted by Crippen LogP contribution is -2.53. The van der Waals surface area contributed by atoms with Gasteiger partial charge in [0.25, 0.3) is 0 Å². The van der Waals surface area contributed by atoms with Crippen molar-refractivity contribution < 1.29 is 18.8 Å². The molecule has 4 aromatic rings. The first-order valence-corrected chi connectivity index (χ1v) is 14.8. The van der Waals surface area contributed by atoms with Crippen LogP contribution in [-0.4, -0.2) is 35.4 Å². The largest absolute Gasteiger partial charge is 0.468 e. The first kappa shape index (κ1) is 29.2. The summed E-state index contributed by atoms with van der Waals surface area (Å²) in [4.78, 5) is 39.8. The highest BCUT2D eigenvalue weighted by molar-refractivity contribution is 7.99. The number of furan rings is 1. The van der Waals surface area contributed by atoms with Crippen LogP contribution in [0.2, 0.25) is 0 Å². The summed E-state index contributed by atoms with van der Waals surface area (Å²) in [7, 11) is 0. The zero-order valence-electron chi connectivity index (χ0n) is 23.0. The van der Waals surface area contributed by atoms with Crippen molar-refractivity contribution in [1.29, 1.82) is 0 Å². The van der Waals surface area contributed by atoms with Gasteiger partial charge in [-0.15, -0.1) is 11.8 Å². The Labute approximate surface area is 239 Å². The number of benzene rings is 3. The molecule has 0 saturated heterocycles. The maximum absolute atomic E-state index is 13.5. The number of carbonyl (C=O) groups excluding carboxylic acids is 3. The third kappa shape index (κ3) is 8.85. The third-order valence-corrected chi connectivity index (χ3v) is 7.57. The molecule has 2 amide bonds. The molecule has 40 heavy (non-hydrogen) atoms. The predicted molar refractivity (Wildman–Crippen MR) is 161 cm³/mol. The van der Waals surface area contributed by atoms with Crippen LogP contribution in [0.4, 0.5) is 0 Å². The van der Waals surface area contributed by atoms with Gasteiger partial charge in [-0.2, -0.15) is 0 Å². The average Bonchev–Trinajstić information content (AvgIpc) is 3.46. The number of hydrogen-bond donors (Lipinski definition) is 2. The molecule has 2 N–H and O–H groups in total. The molecule has 208 valence electrons. The molecule has 0 bridgehead atoms. The molecule has 0 aliphatic heterocycles. The van der Waals surface area contributed by atoms with Gasteiger partial charge >= 0.3 is 0 Å². The quantitative estimate of drug-likeness (QED) is 0.207. The van der Waals surface area contributed by atoms with Crippen LogP contribution in [-0.2, 0) is 33.0 Å². The molecular weight excluding hydrogens is 520 g/mol. The number of ketones is 1. The van der Waals surface area contributed by atoms with Gasteiger partial charge in [-0.3, -0.25) is 14.4 Å². The van der Waals surface area contributed by atoms with Crippen LogP contribution < -0.4 is 10.6 Å². The van der Waals surface area contributed by atoms with Gasteiger partial charge in [-0.1, -0.05) is 86.6 Å². The first-order valence-electron chi connectivity index (χ1n) is 13.6. The minimum atomic E-state index is -0.741. The maximum Gasteiger partial charge on any atom is 0.243 e. The fraction of sp³-hybridized carbons (Fsp3) is 0.303. The number of hydrogen-bond acceptors (Lipinski definition) is 5. The number of carbonyl (C=O) groups is 3. The van der Waals surface area contributed by atoms with Crippen molar-refractivity contribution in [2.75, 3.05) is 5.75 Å². The summed E-state index contributed by atoms with van der Waals surface area (Å²) in [5, 5.41) is 8.08. The van der Waals surface area contributed by atoms with E-state index < -0.39 is 12.1 Å². The maximum atomic E-state index is 13.5. The molecule has 0 spiro atoms. The summed E-state index contributed by atoms with van der Waals surface area (Å²) in [6.07, 6.45) is 2.63. The zero-order chi connectivity index (χ0) is 28.3. The number of amides is 2. The lowest BCUT2D eigenvalue weighted by Gasteiger charge is -2.24. The van der Waals surface area contributed by atoms with Crippen LogP contribution >= 0.6 is 11.8 Å². The van der Waals surface area contributed by atoms with E-state index in [0.29, 0.717) is 18.6 Å². The molecule has 3 aromatic carbocycles. The molecule has 0 radical (unpaired) electrons. The van der Waals surface area contributed by atoms with Gasteiger partial charge in [0.2, 0.25) is 11.8 Å². The molecule has 4 rings (SSSR count). The molecule has 0 unspecified atom stereocenters. The fourth-order valence-corrected chi connectivity index (χ4v) is 5.47. The summed E-state index contributed by atoms with van der Waals surface area (Å²) in [5.74, 6) is 1.14. The lowest BCUT2D eigenvalue weighted by atomic mass is 9.99. The Morgan fingerprint density at radius 2 is 1.55 bits per heavy atom. The van der Waals surface area contributed by atoms with Gasteiger partial charge in [0.05, 0.1) is 30.2 Å². The normalized spacial score (nSPS) is 12.7. The van der Waals surface area contributed by atoms with E-state index in [0.717, 1.165) is 27.7 Å². The van der Waals surface area contributed by atoms with E-state index in [1.807, 2.05) is 98.8 Å². The molecule has 0 fully saturated rings. The summed E-state index contributed by atoms with van der Waals surface area (Å²) in [6.45, 7) is 4.02. The molecule has 7 heteroatoms. The van der Waals surface area contributed by atoms with Crippen LogP contribution in [0.3, 0.4) is 0 Å². The molecule has 2 atom stereocenters. The van der Waals surface area contributed by atoms with Crippen molar-refractivity contribution in [3.05, 3.63) is 108 Å². The highest BCUT2D eigenvalue weighted by atomic mass is 32.2. The highest BCUT2D eigenvalue weighted by Gasteiger charge is 2.27. The number of fused-ring (bicyclic) bond motifs is 1. The van der Waals surface area contributed by atoms with Crippen LogP contribution in [0, 0.1) is 5.92 Å². The average molecular weight is 557 g/mol. The van der Waals surface area contributed by atoms with Crippen molar-refractivity contribution in [3.8, 4) is 0 Å². The summed E-state index contributed by atoms with van der Waals surface area (Å²) >= 11 is 1.45. The van der Waals surface area contributed by atoms with E-state index in [9.17, 15) is 14.4 Å². The summed E-state index contributed by atoms with van der Waals surface area (Å²) in [6, 6.07) is 25.8. The van der Waals surface area contributed by atoms with E-state index in [2.05, 4.69) is 10.6 Å². The van der Waals surface area contributed by atoms with Crippen LogP contribution in [0.25, 0.3) is 10.8 Å². The number of thioether (sulfide) groups is 1. The van der Waals surface area contributed by atoms with Crippen molar-refractivity contribution in [2.24, 2.45) is 5.92 Å². The van der Waals surface area contributed by atoms with Crippen LogP contribution in [0.15, 0.2) is 95.6 Å². The topological polar surface area (TPSA) is 88.4 Å². The summed E-state index contributed by atoms with van der Waals surface area (Å²) < 4.78 is 5.36. The molecule has 6 nitrogen and oxygen atoms in total. The Bertz CT molecular complexity index is 1400. The second-order valence-corrected chi connectivity index (χ2v) is 11.4. The Balaban J connectivity index is 1.42. The monoisotopic (exact) mass is 556 g/mol. The second kappa shape index (κ2) is 14.5. The molecule has 0 aliphatic rings. The Morgan fingerprint density at radius 3 is 2.27 bits per heavy atom. The third-order valence-electron chi connectivity index (χ3n) is 6.59. The lowest BCUT2D eigenvalue weighted by molar-refractivity contribution is -0.131. The van der Waals surface area contributed by atoms with Gasteiger partial charge in [0.15, 0.2) is 5.78 Å². The number of nitrogens with one attached hydrogen (secondary N) is 2. The highest BCUT2D eigenvalue weighted by Crippen LogP contribution is 2.17. The van der Waals surface area contributed by atoms with E-state index in [1.54, 1.807) is 6.26 Å². The van der Waals surface area contributed by atoms with Gasteiger partial charge in [0.1, 0.15) is 11.8 Å². The molecule has 0 aliphatic carbocycles. The first-order chi connectivity index (χ1) is 19.4. The Morgan fingerprint density at radius 1 is 0.800 bits per heavy atom. The molecule has 1 aromatic heterocycles. The van der Waals surface area contributed by atoms with Crippen molar-refractivity contribution in [2.45, 2.75) is 50.9 Å². The molecule has 0 saturated carbocycles. The van der Waals surface area contributed by atoms with Crippen molar-refractivity contribution in [1.82, 2.24) is 10.6 Å². The van der Waals surface area contributed by atoms with Crippen LogP contribution in [0.1, 0.15) is 37.2 Å². The summed E-state index contributed by atoms with van der Waals surface area (Å²) in [5.41, 5.74) is 1.84. The molecular formula is C33H36N2O4S. The van der Waals surface area contributed by atoms with Crippen LogP contribution in [0.5, 0.6) is 0 Å². The minimum absolute atomic E-state index is 0.0699. The van der Waals surface area contributed by atoms with Gasteiger partial charge in [-0.25, -0.2) is 0 Å². The van der Waals surface area contributed by atoms with Crippen molar-refractivity contribution in [3.63, 3.8) is 0 Å². The van der Waals surface area contributed by atoms with Crippen molar-refractivity contribution >= 4 is 40.1 Å². The predicted octanol–water partition coefficient (Wildman–Crippen LogP) is 5.74. The molecule has 1 heterocycles.